The Morgan fingerprint density at radius 2 is 2.16 bits per heavy atom. The van der Waals surface area contributed by atoms with Crippen molar-refractivity contribution < 1.29 is 14.9 Å². The first kappa shape index (κ1) is 12.7. The van der Waals surface area contributed by atoms with E-state index in [4.69, 9.17) is 22.1 Å². The summed E-state index contributed by atoms with van der Waals surface area (Å²) in [5.41, 5.74) is 6.42. The van der Waals surface area contributed by atoms with Gasteiger partial charge in [-0.3, -0.25) is 4.57 Å². The number of hydrogen-bond acceptors (Lipinski definition) is 7. The van der Waals surface area contributed by atoms with Crippen LogP contribution in [0.25, 0.3) is 11.2 Å². The van der Waals surface area contributed by atoms with E-state index in [2.05, 4.69) is 15.0 Å². The van der Waals surface area contributed by atoms with Crippen LogP contribution in [0, 0.1) is 0 Å². The van der Waals surface area contributed by atoms with Gasteiger partial charge in [0.25, 0.3) is 0 Å². The average Bonchev–Trinajstić information content (AvgIpc) is 2.92. The molecule has 0 spiro atoms. The van der Waals surface area contributed by atoms with Gasteiger partial charge < -0.3 is 20.7 Å². The van der Waals surface area contributed by atoms with Gasteiger partial charge in [0.1, 0.15) is 23.8 Å². The molecular weight excluding hydrogens is 274 g/mol. The van der Waals surface area contributed by atoms with Crippen molar-refractivity contribution in [1.29, 1.82) is 0 Å². The van der Waals surface area contributed by atoms with Crippen molar-refractivity contribution in [2.24, 2.45) is 5.73 Å². The fraction of sp³-hybridized carbons (Fsp3) is 0.500. The molecule has 0 aromatic carbocycles. The van der Waals surface area contributed by atoms with Crippen LogP contribution < -0.4 is 5.73 Å². The molecule has 0 bridgehead atoms. The number of hydrogen-bond donors (Lipinski definition) is 3. The van der Waals surface area contributed by atoms with Gasteiger partial charge in [0.15, 0.2) is 11.9 Å². The summed E-state index contributed by atoms with van der Waals surface area (Å²) in [6.45, 7) is 0.108. The predicted octanol–water partition coefficient (Wildman–Crippen LogP) is -0.942. The maximum absolute atomic E-state index is 10.0. The lowest BCUT2D eigenvalue weighted by molar-refractivity contribution is -0.0322. The van der Waals surface area contributed by atoms with Gasteiger partial charge in [0.05, 0.1) is 12.5 Å². The molecule has 2 aromatic heterocycles. The van der Waals surface area contributed by atoms with Crippen molar-refractivity contribution in [3.63, 3.8) is 0 Å². The largest absolute Gasteiger partial charge is 0.387 e. The zero-order valence-electron chi connectivity index (χ0n) is 9.72. The number of aliphatic hydroxyl groups excluding tert-OH is 2. The van der Waals surface area contributed by atoms with Crippen molar-refractivity contribution in [1.82, 2.24) is 19.5 Å². The summed E-state index contributed by atoms with van der Waals surface area (Å²) < 4.78 is 7.03. The second-order valence-electron chi connectivity index (χ2n) is 4.28. The zero-order chi connectivity index (χ0) is 13.6. The molecule has 0 unspecified atom stereocenters. The Bertz CT molecular complexity index is 606. The number of rotatable bonds is 2. The number of imidazole rings is 1. The molecule has 8 nitrogen and oxygen atoms in total. The molecule has 0 amide bonds. The topological polar surface area (TPSA) is 119 Å². The summed E-state index contributed by atoms with van der Waals surface area (Å²) in [4.78, 5) is 11.9. The highest BCUT2D eigenvalue weighted by molar-refractivity contribution is 6.28. The molecule has 102 valence electrons. The molecule has 9 heteroatoms. The first-order valence-electron chi connectivity index (χ1n) is 5.68. The van der Waals surface area contributed by atoms with Crippen LogP contribution in [0.15, 0.2) is 12.5 Å². The van der Waals surface area contributed by atoms with Crippen LogP contribution in [0.5, 0.6) is 0 Å². The molecule has 1 aliphatic rings. The predicted molar refractivity (Wildman–Crippen MR) is 65.3 cm³/mol. The molecule has 1 saturated heterocycles. The van der Waals surface area contributed by atoms with Crippen LogP contribution in [0.3, 0.4) is 0 Å². The Morgan fingerprint density at radius 3 is 2.84 bits per heavy atom. The maximum Gasteiger partial charge on any atom is 0.224 e. The van der Waals surface area contributed by atoms with Crippen LogP contribution in [0.1, 0.15) is 6.23 Å². The van der Waals surface area contributed by atoms with Gasteiger partial charge in [0.2, 0.25) is 5.28 Å². The van der Waals surface area contributed by atoms with E-state index >= 15 is 0 Å². The summed E-state index contributed by atoms with van der Waals surface area (Å²) in [5, 5.41) is 19.9. The molecule has 3 rings (SSSR count). The van der Waals surface area contributed by atoms with Gasteiger partial charge in [-0.1, -0.05) is 0 Å². The molecule has 4 atom stereocenters. The van der Waals surface area contributed by atoms with Gasteiger partial charge in [-0.15, -0.1) is 0 Å². The van der Waals surface area contributed by atoms with Gasteiger partial charge in [-0.2, -0.15) is 4.98 Å². The molecule has 0 aliphatic carbocycles. The van der Waals surface area contributed by atoms with Crippen LogP contribution in [0.4, 0.5) is 0 Å². The highest BCUT2D eigenvalue weighted by atomic mass is 35.5. The highest BCUT2D eigenvalue weighted by Crippen LogP contribution is 2.30. The second-order valence-corrected chi connectivity index (χ2v) is 4.62. The Morgan fingerprint density at radius 1 is 1.37 bits per heavy atom. The summed E-state index contributed by atoms with van der Waals surface area (Å²) in [6, 6.07) is 0. The average molecular weight is 286 g/mol. The maximum atomic E-state index is 10.0. The van der Waals surface area contributed by atoms with E-state index in [0.717, 1.165) is 0 Å². The first-order valence-corrected chi connectivity index (χ1v) is 6.06. The van der Waals surface area contributed by atoms with Crippen molar-refractivity contribution in [3.8, 4) is 0 Å². The van der Waals surface area contributed by atoms with E-state index < -0.39 is 24.5 Å². The Balaban J connectivity index is 2.03. The van der Waals surface area contributed by atoms with E-state index in [1.807, 2.05) is 0 Å². The lowest BCUT2D eigenvalue weighted by Gasteiger charge is -2.16. The molecule has 3 heterocycles. The number of halogens is 1. The highest BCUT2D eigenvalue weighted by Gasteiger charge is 2.43. The second kappa shape index (κ2) is 4.66. The number of ether oxygens (including phenoxy) is 1. The number of nitrogens with two attached hydrogens (primary N) is 1. The summed E-state index contributed by atoms with van der Waals surface area (Å²) in [5.74, 6) is 0. The third kappa shape index (κ3) is 1.97. The van der Waals surface area contributed by atoms with Crippen LogP contribution in [0.2, 0.25) is 5.28 Å². The Labute approximate surface area is 112 Å². The van der Waals surface area contributed by atoms with E-state index in [-0.39, 0.29) is 11.8 Å². The zero-order valence-corrected chi connectivity index (χ0v) is 10.5. The van der Waals surface area contributed by atoms with E-state index in [1.54, 1.807) is 0 Å². The third-order valence-corrected chi connectivity index (χ3v) is 3.31. The lowest BCUT2D eigenvalue weighted by atomic mass is 10.1. The standard InChI is InChI=1S/C10H12ClN5O3/c11-10-13-2-4-8(15-10)16(3-14-4)9-7(18)6(17)5(1-12)19-9/h2-3,5-7,9,17-18H,1,12H2/t5-,6-,7-,9-/m1/s1. The fourth-order valence-electron chi connectivity index (χ4n) is 2.15. The Hall–Kier alpha value is -1.32. The number of aliphatic hydroxyl groups is 2. The van der Waals surface area contributed by atoms with E-state index in [0.29, 0.717) is 11.2 Å². The van der Waals surface area contributed by atoms with Crippen molar-refractivity contribution in [3.05, 3.63) is 17.8 Å². The van der Waals surface area contributed by atoms with Gasteiger partial charge in [-0.05, 0) is 11.6 Å². The summed E-state index contributed by atoms with van der Waals surface area (Å²) >= 11 is 5.74. The normalized spacial score (nSPS) is 31.2. The molecule has 2 aromatic rings. The molecule has 4 N–H and O–H groups in total. The van der Waals surface area contributed by atoms with Crippen LogP contribution in [-0.4, -0.2) is 54.6 Å². The molecule has 1 fully saturated rings. The number of aromatic nitrogens is 4. The van der Waals surface area contributed by atoms with Gasteiger partial charge in [0, 0.05) is 6.54 Å². The summed E-state index contributed by atoms with van der Waals surface area (Å²) in [6.07, 6.45) is -0.673. The monoisotopic (exact) mass is 285 g/mol. The number of fused-ring (bicyclic) bond motifs is 1. The summed E-state index contributed by atoms with van der Waals surface area (Å²) in [7, 11) is 0. The van der Waals surface area contributed by atoms with Crippen LogP contribution in [-0.2, 0) is 4.74 Å². The molecule has 0 saturated carbocycles. The molecule has 19 heavy (non-hydrogen) atoms. The van der Waals surface area contributed by atoms with Gasteiger partial charge >= 0.3 is 0 Å². The van der Waals surface area contributed by atoms with E-state index in [9.17, 15) is 10.2 Å². The number of nitrogens with zero attached hydrogens (tertiary/aromatic N) is 4. The van der Waals surface area contributed by atoms with E-state index in [1.165, 1.54) is 17.1 Å². The van der Waals surface area contributed by atoms with Gasteiger partial charge in [-0.25, -0.2) is 9.97 Å². The third-order valence-electron chi connectivity index (χ3n) is 3.13. The molecule has 1 aliphatic heterocycles. The molecule has 0 radical (unpaired) electrons. The minimum absolute atomic E-state index is 0.0673. The fourth-order valence-corrected chi connectivity index (χ4v) is 2.27. The lowest BCUT2D eigenvalue weighted by Crippen LogP contribution is -2.35. The quantitative estimate of drug-likeness (QED) is 0.609. The molecular formula is C10H12ClN5O3. The minimum atomic E-state index is -1.11. The van der Waals surface area contributed by atoms with Crippen molar-refractivity contribution in [2.45, 2.75) is 24.5 Å². The van der Waals surface area contributed by atoms with Crippen molar-refractivity contribution >= 4 is 22.8 Å². The van der Waals surface area contributed by atoms with Crippen molar-refractivity contribution in [2.75, 3.05) is 6.54 Å². The minimum Gasteiger partial charge on any atom is -0.387 e. The first-order chi connectivity index (χ1) is 9.11. The SMILES string of the molecule is NC[C@H]1O[C@@H](n2cnc3cnc(Cl)nc32)[C@H](O)[C@@H]1O. The van der Waals surface area contributed by atoms with Crippen LogP contribution >= 0.6 is 11.6 Å². The smallest absolute Gasteiger partial charge is 0.224 e. The Kier molecular flexibility index (Phi) is 3.11.